The van der Waals surface area contributed by atoms with E-state index in [1.54, 1.807) is 36.7 Å². The summed E-state index contributed by atoms with van der Waals surface area (Å²) in [4.78, 5) is 16.0. The Balaban J connectivity index is 1.55. The maximum Gasteiger partial charge on any atom is 0.234 e. The Hall–Kier alpha value is -1.96. The first-order chi connectivity index (χ1) is 11.2. The summed E-state index contributed by atoms with van der Waals surface area (Å²) >= 11 is 8.60. The highest BCUT2D eigenvalue weighted by molar-refractivity contribution is 8.01. The molecule has 2 aromatic heterocycles. The Labute approximate surface area is 146 Å². The molecule has 3 aromatic rings. The van der Waals surface area contributed by atoms with Gasteiger partial charge in [-0.2, -0.15) is 0 Å². The summed E-state index contributed by atoms with van der Waals surface area (Å²) in [7, 11) is 0. The number of rotatable bonds is 5. The van der Waals surface area contributed by atoms with Crippen LogP contribution in [0, 0.1) is 0 Å². The Morgan fingerprint density at radius 1 is 1.22 bits per heavy atom. The van der Waals surface area contributed by atoms with Crippen LogP contribution in [0.1, 0.15) is 0 Å². The van der Waals surface area contributed by atoms with Gasteiger partial charge in [0.15, 0.2) is 4.34 Å². The van der Waals surface area contributed by atoms with Crippen LogP contribution in [0.15, 0.2) is 53.1 Å². The molecule has 116 valence electrons. The maximum atomic E-state index is 11.9. The lowest BCUT2D eigenvalue weighted by atomic mass is 10.3. The van der Waals surface area contributed by atoms with E-state index in [4.69, 9.17) is 11.6 Å². The molecule has 5 nitrogen and oxygen atoms in total. The number of nitrogens with zero attached hydrogens (tertiary/aromatic N) is 3. The third kappa shape index (κ3) is 4.51. The summed E-state index contributed by atoms with van der Waals surface area (Å²) in [5.74, 6) is 0.167. The van der Waals surface area contributed by atoms with Crippen molar-refractivity contribution in [3.8, 4) is 10.6 Å². The van der Waals surface area contributed by atoms with Crippen molar-refractivity contribution < 1.29 is 4.79 Å². The highest BCUT2D eigenvalue weighted by atomic mass is 35.5. The number of benzene rings is 1. The lowest BCUT2D eigenvalue weighted by Crippen LogP contribution is -2.13. The molecule has 1 aromatic carbocycles. The van der Waals surface area contributed by atoms with Crippen LogP contribution < -0.4 is 5.32 Å². The van der Waals surface area contributed by atoms with Gasteiger partial charge >= 0.3 is 0 Å². The molecule has 1 amide bonds. The third-order valence-corrected chi connectivity index (χ3v) is 5.13. The first-order valence-electron chi connectivity index (χ1n) is 6.63. The van der Waals surface area contributed by atoms with Gasteiger partial charge in [0.1, 0.15) is 5.01 Å². The molecule has 0 saturated carbocycles. The molecule has 3 rings (SSSR count). The summed E-state index contributed by atoms with van der Waals surface area (Å²) in [6, 6.07) is 10.8. The number of aromatic nitrogens is 3. The summed E-state index contributed by atoms with van der Waals surface area (Å²) in [5, 5.41) is 12.4. The zero-order valence-electron chi connectivity index (χ0n) is 11.8. The first-order valence-corrected chi connectivity index (χ1v) is 8.81. The van der Waals surface area contributed by atoms with E-state index in [-0.39, 0.29) is 11.7 Å². The van der Waals surface area contributed by atoms with Gasteiger partial charge in [0.25, 0.3) is 0 Å². The van der Waals surface area contributed by atoms with E-state index in [0.717, 1.165) is 14.9 Å². The Bertz CT molecular complexity index is 793. The van der Waals surface area contributed by atoms with Crippen LogP contribution in [0.2, 0.25) is 5.02 Å². The summed E-state index contributed by atoms with van der Waals surface area (Å²) < 4.78 is 0.745. The molecule has 0 spiro atoms. The van der Waals surface area contributed by atoms with E-state index in [1.807, 2.05) is 12.1 Å². The lowest BCUT2D eigenvalue weighted by molar-refractivity contribution is -0.113. The van der Waals surface area contributed by atoms with Crippen molar-refractivity contribution >= 4 is 46.3 Å². The number of hydrogen-bond donors (Lipinski definition) is 1. The van der Waals surface area contributed by atoms with Gasteiger partial charge in [-0.1, -0.05) is 34.7 Å². The average molecular weight is 363 g/mol. The van der Waals surface area contributed by atoms with E-state index < -0.39 is 0 Å². The van der Waals surface area contributed by atoms with Crippen LogP contribution in [0.4, 0.5) is 5.69 Å². The SMILES string of the molecule is O=C(CSc1nnc(-c2cccnc2)s1)Nc1ccc(Cl)cc1. The van der Waals surface area contributed by atoms with Crippen LogP contribution in [0.3, 0.4) is 0 Å². The monoisotopic (exact) mass is 362 g/mol. The minimum atomic E-state index is -0.101. The van der Waals surface area contributed by atoms with Crippen LogP contribution in [-0.2, 0) is 4.79 Å². The van der Waals surface area contributed by atoms with Crippen LogP contribution in [0.5, 0.6) is 0 Å². The van der Waals surface area contributed by atoms with E-state index in [2.05, 4.69) is 20.5 Å². The highest BCUT2D eigenvalue weighted by Gasteiger charge is 2.10. The number of halogens is 1. The fourth-order valence-corrected chi connectivity index (χ4v) is 3.50. The van der Waals surface area contributed by atoms with E-state index >= 15 is 0 Å². The summed E-state index contributed by atoms with van der Waals surface area (Å²) in [6.07, 6.45) is 3.45. The van der Waals surface area contributed by atoms with Crippen LogP contribution >= 0.6 is 34.7 Å². The van der Waals surface area contributed by atoms with E-state index in [9.17, 15) is 4.79 Å². The summed E-state index contributed by atoms with van der Waals surface area (Å²) in [6.45, 7) is 0. The molecular weight excluding hydrogens is 352 g/mol. The Kier molecular flexibility index (Phi) is 5.22. The standard InChI is InChI=1S/C15H11ClN4OS2/c16-11-3-5-12(6-4-11)18-13(21)9-22-15-20-19-14(23-15)10-2-1-7-17-8-10/h1-8H,9H2,(H,18,21). The second-order valence-electron chi connectivity index (χ2n) is 4.46. The van der Waals surface area contributed by atoms with Gasteiger partial charge < -0.3 is 5.32 Å². The van der Waals surface area contributed by atoms with E-state index in [1.165, 1.54) is 23.1 Å². The van der Waals surface area contributed by atoms with E-state index in [0.29, 0.717) is 10.7 Å². The van der Waals surface area contributed by atoms with Gasteiger partial charge in [-0.05, 0) is 36.4 Å². The van der Waals surface area contributed by atoms with Crippen molar-refractivity contribution in [1.82, 2.24) is 15.2 Å². The quantitative estimate of drug-likeness (QED) is 0.695. The second kappa shape index (κ2) is 7.54. The molecule has 0 saturated heterocycles. The molecule has 8 heteroatoms. The molecule has 1 N–H and O–H groups in total. The minimum absolute atomic E-state index is 0.101. The van der Waals surface area contributed by atoms with Crippen molar-refractivity contribution in [3.05, 3.63) is 53.8 Å². The molecule has 23 heavy (non-hydrogen) atoms. The highest BCUT2D eigenvalue weighted by Crippen LogP contribution is 2.28. The zero-order valence-corrected chi connectivity index (χ0v) is 14.2. The van der Waals surface area contributed by atoms with Crippen molar-refractivity contribution in [3.63, 3.8) is 0 Å². The smallest absolute Gasteiger partial charge is 0.234 e. The molecule has 0 aliphatic rings. The number of pyridine rings is 1. The van der Waals surface area contributed by atoms with Crippen molar-refractivity contribution in [2.45, 2.75) is 4.34 Å². The zero-order chi connectivity index (χ0) is 16.1. The number of anilines is 1. The largest absolute Gasteiger partial charge is 0.325 e. The van der Waals surface area contributed by atoms with Gasteiger partial charge in [0, 0.05) is 28.7 Å². The molecule has 2 heterocycles. The van der Waals surface area contributed by atoms with Gasteiger partial charge in [-0.3, -0.25) is 9.78 Å². The number of carbonyl (C=O) groups excluding carboxylic acids is 1. The molecule has 0 unspecified atom stereocenters. The lowest BCUT2D eigenvalue weighted by Gasteiger charge is -2.03. The van der Waals surface area contributed by atoms with Gasteiger partial charge in [-0.25, -0.2) is 0 Å². The van der Waals surface area contributed by atoms with Gasteiger partial charge in [-0.15, -0.1) is 10.2 Å². The molecular formula is C15H11ClN4OS2. The first kappa shape index (κ1) is 15.9. The molecule has 0 bridgehead atoms. The Morgan fingerprint density at radius 2 is 2.04 bits per heavy atom. The number of nitrogens with one attached hydrogen (secondary N) is 1. The van der Waals surface area contributed by atoms with Crippen molar-refractivity contribution in [2.24, 2.45) is 0 Å². The molecule has 0 aliphatic carbocycles. The number of carbonyl (C=O) groups is 1. The predicted molar refractivity (Wildman–Crippen MR) is 93.9 cm³/mol. The topological polar surface area (TPSA) is 67.8 Å². The Morgan fingerprint density at radius 3 is 2.78 bits per heavy atom. The normalized spacial score (nSPS) is 10.5. The number of amides is 1. The second-order valence-corrected chi connectivity index (χ2v) is 7.09. The minimum Gasteiger partial charge on any atom is -0.325 e. The van der Waals surface area contributed by atoms with Gasteiger partial charge in [0.05, 0.1) is 5.75 Å². The van der Waals surface area contributed by atoms with Crippen molar-refractivity contribution in [2.75, 3.05) is 11.1 Å². The molecule has 0 atom stereocenters. The molecule has 0 radical (unpaired) electrons. The maximum absolute atomic E-state index is 11.9. The van der Waals surface area contributed by atoms with Crippen LogP contribution in [-0.4, -0.2) is 26.8 Å². The molecule has 0 aliphatic heterocycles. The van der Waals surface area contributed by atoms with Crippen molar-refractivity contribution in [1.29, 1.82) is 0 Å². The predicted octanol–water partition coefficient (Wildman–Crippen LogP) is 3.98. The fourth-order valence-electron chi connectivity index (χ4n) is 1.73. The van der Waals surface area contributed by atoms with Crippen LogP contribution in [0.25, 0.3) is 10.6 Å². The average Bonchev–Trinajstić information content (AvgIpc) is 3.05. The summed E-state index contributed by atoms with van der Waals surface area (Å²) in [5.41, 5.74) is 1.63. The number of thioether (sulfide) groups is 1. The number of hydrogen-bond acceptors (Lipinski definition) is 6. The van der Waals surface area contributed by atoms with Gasteiger partial charge in [0.2, 0.25) is 5.91 Å². The fraction of sp³-hybridized carbons (Fsp3) is 0.0667. The third-order valence-electron chi connectivity index (χ3n) is 2.77. The molecule has 0 fully saturated rings.